The van der Waals surface area contributed by atoms with Gasteiger partial charge < -0.3 is 5.32 Å². The summed E-state index contributed by atoms with van der Waals surface area (Å²) < 4.78 is 0. The Balaban J connectivity index is 4.48. The maximum Gasteiger partial charge on any atom is 0.00415 e. The van der Waals surface area contributed by atoms with Crippen LogP contribution in [-0.4, -0.2) is 12.6 Å². The minimum Gasteiger partial charge on any atom is -0.315 e. The van der Waals surface area contributed by atoms with Gasteiger partial charge in [-0.2, -0.15) is 0 Å². The molecule has 0 bridgehead atoms. The summed E-state index contributed by atoms with van der Waals surface area (Å²) in [5, 5.41) is 3.55. The molecule has 0 aliphatic carbocycles. The molecule has 1 heteroatoms. The molecular formula is C15H33N. The van der Waals surface area contributed by atoms with Gasteiger partial charge in [0.1, 0.15) is 0 Å². The number of nitrogens with one attached hydrogen (secondary N) is 1. The van der Waals surface area contributed by atoms with E-state index in [1.807, 2.05) is 0 Å². The van der Waals surface area contributed by atoms with Gasteiger partial charge >= 0.3 is 0 Å². The highest BCUT2D eigenvalue weighted by molar-refractivity contribution is 4.83. The van der Waals surface area contributed by atoms with Crippen LogP contribution in [0.2, 0.25) is 0 Å². The second-order valence-corrected chi connectivity index (χ2v) is 6.28. The molecule has 0 amide bonds. The number of hydrogen-bond acceptors (Lipinski definition) is 1. The third-order valence-electron chi connectivity index (χ3n) is 3.86. The van der Waals surface area contributed by atoms with Crippen LogP contribution >= 0.6 is 0 Å². The highest BCUT2D eigenvalue weighted by Gasteiger charge is 2.31. The van der Waals surface area contributed by atoms with Crippen molar-refractivity contribution in [2.45, 2.75) is 73.8 Å². The Bertz CT molecular complexity index is 172. The number of rotatable bonds is 8. The fourth-order valence-electron chi connectivity index (χ4n) is 3.14. The molecule has 0 aliphatic heterocycles. The maximum absolute atomic E-state index is 3.55. The third-order valence-corrected chi connectivity index (χ3v) is 3.86. The van der Waals surface area contributed by atoms with Gasteiger partial charge in [0.15, 0.2) is 0 Å². The van der Waals surface area contributed by atoms with Crippen molar-refractivity contribution >= 4 is 0 Å². The average molecular weight is 227 g/mol. The molecule has 98 valence electrons. The van der Waals surface area contributed by atoms with Gasteiger partial charge in [-0.15, -0.1) is 0 Å². The van der Waals surface area contributed by atoms with Crippen LogP contribution in [0.15, 0.2) is 0 Å². The van der Waals surface area contributed by atoms with Gasteiger partial charge in [-0.25, -0.2) is 0 Å². The van der Waals surface area contributed by atoms with Crippen molar-refractivity contribution in [1.82, 2.24) is 5.32 Å². The Hall–Kier alpha value is -0.0400. The molecule has 0 saturated carbocycles. The molecule has 0 aliphatic rings. The van der Waals surface area contributed by atoms with E-state index in [1.165, 1.54) is 19.3 Å². The molecule has 16 heavy (non-hydrogen) atoms. The molecular weight excluding hydrogens is 194 g/mol. The Morgan fingerprint density at radius 2 is 1.62 bits per heavy atom. The van der Waals surface area contributed by atoms with Gasteiger partial charge in [-0.3, -0.25) is 0 Å². The monoisotopic (exact) mass is 227 g/mol. The molecule has 1 N–H and O–H groups in total. The van der Waals surface area contributed by atoms with Crippen LogP contribution in [0.4, 0.5) is 0 Å². The van der Waals surface area contributed by atoms with Crippen molar-refractivity contribution in [3.05, 3.63) is 0 Å². The smallest absolute Gasteiger partial charge is 0.00415 e. The fourth-order valence-corrected chi connectivity index (χ4v) is 3.14. The van der Waals surface area contributed by atoms with Gasteiger partial charge in [0, 0.05) is 6.04 Å². The standard InChI is InChI=1S/C15H33N/c1-8-10-15(6,7)14(12(3)4)11-13(5)16-9-2/h12-14,16H,8-11H2,1-7H3. The van der Waals surface area contributed by atoms with Crippen LogP contribution in [0.5, 0.6) is 0 Å². The summed E-state index contributed by atoms with van der Waals surface area (Å²) in [6, 6.07) is 0.647. The van der Waals surface area contributed by atoms with Gasteiger partial charge in [0.2, 0.25) is 0 Å². The Labute approximate surface area is 103 Å². The van der Waals surface area contributed by atoms with Crippen molar-refractivity contribution in [2.24, 2.45) is 17.3 Å². The van der Waals surface area contributed by atoms with Crippen LogP contribution in [0.3, 0.4) is 0 Å². The predicted octanol–water partition coefficient (Wildman–Crippen LogP) is 4.47. The van der Waals surface area contributed by atoms with E-state index in [0.29, 0.717) is 11.5 Å². The summed E-state index contributed by atoms with van der Waals surface area (Å²) in [7, 11) is 0. The number of hydrogen-bond donors (Lipinski definition) is 1. The van der Waals surface area contributed by atoms with Crippen LogP contribution < -0.4 is 5.32 Å². The molecule has 0 radical (unpaired) electrons. The first-order valence-electron chi connectivity index (χ1n) is 7.08. The van der Waals surface area contributed by atoms with Crippen LogP contribution in [0, 0.1) is 17.3 Å². The molecule has 0 heterocycles. The van der Waals surface area contributed by atoms with E-state index in [0.717, 1.165) is 18.4 Å². The first-order valence-corrected chi connectivity index (χ1v) is 7.08. The average Bonchev–Trinajstić information content (AvgIpc) is 2.13. The van der Waals surface area contributed by atoms with Crippen molar-refractivity contribution in [1.29, 1.82) is 0 Å². The quantitative estimate of drug-likeness (QED) is 0.645. The lowest BCUT2D eigenvalue weighted by atomic mass is 9.68. The summed E-state index contributed by atoms with van der Waals surface area (Å²) >= 11 is 0. The van der Waals surface area contributed by atoms with E-state index in [1.54, 1.807) is 0 Å². The first kappa shape index (κ1) is 16.0. The van der Waals surface area contributed by atoms with E-state index in [-0.39, 0.29) is 0 Å². The molecule has 2 unspecified atom stereocenters. The van der Waals surface area contributed by atoms with E-state index in [2.05, 4.69) is 53.8 Å². The molecule has 0 aromatic carbocycles. The van der Waals surface area contributed by atoms with Crippen LogP contribution in [-0.2, 0) is 0 Å². The highest BCUT2D eigenvalue weighted by Crippen LogP contribution is 2.39. The van der Waals surface area contributed by atoms with E-state index < -0.39 is 0 Å². The molecule has 0 spiro atoms. The van der Waals surface area contributed by atoms with Crippen molar-refractivity contribution in [2.75, 3.05) is 6.54 Å². The summed E-state index contributed by atoms with van der Waals surface area (Å²) in [6.07, 6.45) is 3.94. The zero-order valence-corrected chi connectivity index (χ0v) is 12.6. The minimum atomic E-state index is 0.479. The summed E-state index contributed by atoms with van der Waals surface area (Å²) in [6.45, 7) is 17.5. The molecule has 0 saturated heterocycles. The van der Waals surface area contributed by atoms with Gasteiger partial charge in [-0.05, 0) is 43.6 Å². The molecule has 2 atom stereocenters. The topological polar surface area (TPSA) is 12.0 Å². The Morgan fingerprint density at radius 3 is 2.00 bits per heavy atom. The second-order valence-electron chi connectivity index (χ2n) is 6.28. The van der Waals surface area contributed by atoms with Gasteiger partial charge in [0.25, 0.3) is 0 Å². The lowest BCUT2D eigenvalue weighted by molar-refractivity contribution is 0.121. The summed E-state index contributed by atoms with van der Waals surface area (Å²) in [4.78, 5) is 0. The third kappa shape index (κ3) is 5.34. The minimum absolute atomic E-state index is 0.479. The lowest BCUT2D eigenvalue weighted by Crippen LogP contribution is -2.36. The summed E-state index contributed by atoms with van der Waals surface area (Å²) in [5.41, 5.74) is 0.479. The normalized spacial score (nSPS) is 16.5. The Morgan fingerprint density at radius 1 is 1.06 bits per heavy atom. The molecule has 1 nitrogen and oxygen atoms in total. The SMILES string of the molecule is CCCC(C)(C)C(CC(C)NCC)C(C)C. The molecule has 0 aromatic rings. The maximum atomic E-state index is 3.55. The lowest BCUT2D eigenvalue weighted by Gasteiger charge is -2.39. The zero-order valence-electron chi connectivity index (χ0n) is 12.6. The van der Waals surface area contributed by atoms with Gasteiger partial charge in [0.05, 0.1) is 0 Å². The second kappa shape index (κ2) is 7.32. The fraction of sp³-hybridized carbons (Fsp3) is 1.00. The van der Waals surface area contributed by atoms with Crippen molar-refractivity contribution in [3.8, 4) is 0 Å². The van der Waals surface area contributed by atoms with Crippen molar-refractivity contribution in [3.63, 3.8) is 0 Å². The first-order chi connectivity index (χ1) is 7.35. The van der Waals surface area contributed by atoms with E-state index in [4.69, 9.17) is 0 Å². The Kier molecular flexibility index (Phi) is 7.30. The summed E-state index contributed by atoms with van der Waals surface area (Å²) in [5.74, 6) is 1.60. The van der Waals surface area contributed by atoms with E-state index >= 15 is 0 Å². The highest BCUT2D eigenvalue weighted by atomic mass is 14.9. The molecule has 0 aromatic heterocycles. The van der Waals surface area contributed by atoms with Gasteiger partial charge in [-0.1, -0.05) is 48.0 Å². The van der Waals surface area contributed by atoms with E-state index in [9.17, 15) is 0 Å². The predicted molar refractivity (Wildman–Crippen MR) is 74.8 cm³/mol. The molecule has 0 fully saturated rings. The largest absolute Gasteiger partial charge is 0.315 e. The van der Waals surface area contributed by atoms with Crippen LogP contribution in [0.25, 0.3) is 0 Å². The van der Waals surface area contributed by atoms with Crippen molar-refractivity contribution < 1.29 is 0 Å². The molecule has 0 rings (SSSR count). The van der Waals surface area contributed by atoms with Crippen LogP contribution in [0.1, 0.15) is 67.7 Å². The zero-order chi connectivity index (χ0) is 12.8.